The van der Waals surface area contributed by atoms with Gasteiger partial charge >= 0.3 is 0 Å². The molecular weight excluding hydrogens is 184 g/mol. The minimum atomic E-state index is 0.709. The van der Waals surface area contributed by atoms with E-state index in [1.54, 1.807) is 0 Å². The Morgan fingerprint density at radius 1 is 1.27 bits per heavy atom. The number of hydrogen-bond acceptors (Lipinski definition) is 2. The Kier molecular flexibility index (Phi) is 5.62. The summed E-state index contributed by atoms with van der Waals surface area (Å²) in [6, 6.07) is 1.56. The zero-order valence-electron chi connectivity index (χ0n) is 10.9. The maximum absolute atomic E-state index is 3.63. The van der Waals surface area contributed by atoms with Crippen molar-refractivity contribution in [2.45, 2.75) is 59.0 Å². The van der Waals surface area contributed by atoms with Crippen LogP contribution < -0.4 is 5.32 Å². The highest BCUT2D eigenvalue weighted by Gasteiger charge is 2.23. The second-order valence-electron chi connectivity index (χ2n) is 5.03. The molecule has 0 saturated heterocycles. The van der Waals surface area contributed by atoms with Crippen molar-refractivity contribution in [2.75, 3.05) is 19.6 Å². The average Bonchev–Trinajstić information content (AvgIpc) is 3.05. The highest BCUT2D eigenvalue weighted by molar-refractivity contribution is 4.83. The third-order valence-corrected chi connectivity index (χ3v) is 3.62. The first-order valence-corrected chi connectivity index (χ1v) is 6.66. The monoisotopic (exact) mass is 212 g/mol. The van der Waals surface area contributed by atoms with E-state index < -0.39 is 0 Å². The van der Waals surface area contributed by atoms with Gasteiger partial charge in [0.1, 0.15) is 0 Å². The first kappa shape index (κ1) is 13.0. The van der Waals surface area contributed by atoms with E-state index in [0.717, 1.165) is 12.0 Å². The van der Waals surface area contributed by atoms with Crippen molar-refractivity contribution in [1.29, 1.82) is 0 Å². The Labute approximate surface area is 95.4 Å². The second-order valence-corrected chi connectivity index (χ2v) is 5.03. The van der Waals surface area contributed by atoms with Crippen LogP contribution in [-0.4, -0.2) is 36.6 Å². The summed E-state index contributed by atoms with van der Waals surface area (Å²) in [6.07, 6.45) is 4.06. The summed E-state index contributed by atoms with van der Waals surface area (Å²) in [6.45, 7) is 12.9. The molecule has 1 N–H and O–H groups in total. The van der Waals surface area contributed by atoms with Crippen molar-refractivity contribution in [3.05, 3.63) is 0 Å². The molecule has 0 radical (unpaired) electrons. The van der Waals surface area contributed by atoms with E-state index in [4.69, 9.17) is 0 Å². The predicted molar refractivity (Wildman–Crippen MR) is 67.2 cm³/mol. The summed E-state index contributed by atoms with van der Waals surface area (Å²) in [7, 11) is 0. The molecule has 1 aliphatic carbocycles. The fraction of sp³-hybridized carbons (Fsp3) is 1.00. The molecule has 15 heavy (non-hydrogen) atoms. The van der Waals surface area contributed by atoms with E-state index >= 15 is 0 Å². The molecule has 2 atom stereocenters. The third kappa shape index (κ3) is 4.52. The van der Waals surface area contributed by atoms with Gasteiger partial charge in [-0.05, 0) is 51.7 Å². The maximum atomic E-state index is 3.63. The van der Waals surface area contributed by atoms with Crippen LogP contribution in [0.1, 0.15) is 47.0 Å². The predicted octanol–water partition coefficient (Wildman–Crippen LogP) is 2.49. The van der Waals surface area contributed by atoms with Crippen molar-refractivity contribution >= 4 is 0 Å². The normalized spacial score (nSPS) is 20.6. The lowest BCUT2D eigenvalue weighted by Gasteiger charge is -2.32. The van der Waals surface area contributed by atoms with Crippen molar-refractivity contribution in [2.24, 2.45) is 5.92 Å². The molecule has 1 aliphatic rings. The van der Waals surface area contributed by atoms with Crippen LogP contribution in [0.25, 0.3) is 0 Å². The van der Waals surface area contributed by atoms with Gasteiger partial charge in [-0.2, -0.15) is 0 Å². The molecule has 0 aromatic rings. The van der Waals surface area contributed by atoms with Gasteiger partial charge in [-0.1, -0.05) is 20.8 Å². The molecule has 2 heteroatoms. The van der Waals surface area contributed by atoms with Crippen molar-refractivity contribution < 1.29 is 0 Å². The molecule has 0 bridgehead atoms. The molecule has 0 aromatic heterocycles. The molecule has 2 nitrogen and oxygen atoms in total. The van der Waals surface area contributed by atoms with Gasteiger partial charge in [0, 0.05) is 12.1 Å². The fourth-order valence-electron chi connectivity index (χ4n) is 2.11. The van der Waals surface area contributed by atoms with Crippen molar-refractivity contribution in [3.8, 4) is 0 Å². The fourth-order valence-corrected chi connectivity index (χ4v) is 2.11. The standard InChI is InChI=1S/C13H28N2/c1-5-9-15(6-2)12(4)11(3)10-14-13-7-8-13/h11-14H,5-10H2,1-4H3. The first-order chi connectivity index (χ1) is 7.19. The molecule has 2 unspecified atom stereocenters. The van der Waals surface area contributed by atoms with Gasteiger partial charge in [-0.3, -0.25) is 0 Å². The molecule has 1 fully saturated rings. The molecule has 1 rings (SSSR count). The first-order valence-electron chi connectivity index (χ1n) is 6.66. The van der Waals surface area contributed by atoms with E-state index in [2.05, 4.69) is 37.9 Å². The summed E-state index contributed by atoms with van der Waals surface area (Å²) in [4.78, 5) is 2.60. The maximum Gasteiger partial charge on any atom is 0.0104 e. The topological polar surface area (TPSA) is 15.3 Å². The summed E-state index contributed by atoms with van der Waals surface area (Å²) in [5.41, 5.74) is 0. The Balaban J connectivity index is 2.23. The van der Waals surface area contributed by atoms with E-state index in [-0.39, 0.29) is 0 Å². The Bertz CT molecular complexity index is 166. The Hall–Kier alpha value is -0.0800. The van der Waals surface area contributed by atoms with Crippen LogP contribution in [0.4, 0.5) is 0 Å². The Morgan fingerprint density at radius 3 is 2.40 bits per heavy atom. The third-order valence-electron chi connectivity index (χ3n) is 3.62. The molecule has 0 aliphatic heterocycles. The van der Waals surface area contributed by atoms with Gasteiger partial charge in [-0.15, -0.1) is 0 Å². The molecule has 0 spiro atoms. The molecule has 90 valence electrons. The summed E-state index contributed by atoms with van der Waals surface area (Å²) >= 11 is 0. The van der Waals surface area contributed by atoms with Crippen LogP contribution >= 0.6 is 0 Å². The van der Waals surface area contributed by atoms with Gasteiger partial charge in [0.15, 0.2) is 0 Å². The minimum Gasteiger partial charge on any atom is -0.314 e. The van der Waals surface area contributed by atoms with Gasteiger partial charge in [-0.25, -0.2) is 0 Å². The zero-order chi connectivity index (χ0) is 11.3. The van der Waals surface area contributed by atoms with Crippen molar-refractivity contribution in [3.63, 3.8) is 0 Å². The number of nitrogens with one attached hydrogen (secondary N) is 1. The van der Waals surface area contributed by atoms with Crippen LogP contribution in [-0.2, 0) is 0 Å². The summed E-state index contributed by atoms with van der Waals surface area (Å²) in [5.74, 6) is 0.761. The largest absolute Gasteiger partial charge is 0.314 e. The zero-order valence-corrected chi connectivity index (χ0v) is 10.9. The smallest absolute Gasteiger partial charge is 0.0104 e. The Morgan fingerprint density at radius 2 is 1.93 bits per heavy atom. The lowest BCUT2D eigenvalue weighted by atomic mass is 10.0. The number of nitrogens with zero attached hydrogens (tertiary/aromatic N) is 1. The van der Waals surface area contributed by atoms with Crippen LogP contribution in [0.3, 0.4) is 0 Å². The van der Waals surface area contributed by atoms with Gasteiger partial charge in [0.25, 0.3) is 0 Å². The van der Waals surface area contributed by atoms with E-state index in [9.17, 15) is 0 Å². The summed E-state index contributed by atoms with van der Waals surface area (Å²) < 4.78 is 0. The number of hydrogen-bond donors (Lipinski definition) is 1. The quantitative estimate of drug-likeness (QED) is 0.665. The van der Waals surface area contributed by atoms with Crippen LogP contribution in [0, 0.1) is 5.92 Å². The lowest BCUT2D eigenvalue weighted by molar-refractivity contribution is 0.167. The van der Waals surface area contributed by atoms with Crippen LogP contribution in [0.2, 0.25) is 0 Å². The number of rotatable bonds is 8. The molecule has 1 saturated carbocycles. The van der Waals surface area contributed by atoms with Gasteiger partial charge < -0.3 is 10.2 Å². The molecular formula is C13H28N2. The second kappa shape index (κ2) is 6.49. The van der Waals surface area contributed by atoms with E-state index in [1.807, 2.05) is 0 Å². The highest BCUT2D eigenvalue weighted by atomic mass is 15.1. The average molecular weight is 212 g/mol. The van der Waals surface area contributed by atoms with E-state index in [0.29, 0.717) is 6.04 Å². The van der Waals surface area contributed by atoms with Gasteiger partial charge in [0.2, 0.25) is 0 Å². The molecule has 0 heterocycles. The SMILES string of the molecule is CCCN(CC)C(C)C(C)CNC1CC1. The summed E-state index contributed by atoms with van der Waals surface area (Å²) in [5, 5.41) is 3.63. The van der Waals surface area contributed by atoms with Crippen LogP contribution in [0.15, 0.2) is 0 Å². The van der Waals surface area contributed by atoms with Crippen LogP contribution in [0.5, 0.6) is 0 Å². The van der Waals surface area contributed by atoms with Gasteiger partial charge in [0.05, 0.1) is 0 Å². The van der Waals surface area contributed by atoms with Crippen molar-refractivity contribution in [1.82, 2.24) is 10.2 Å². The molecule has 0 aromatic carbocycles. The highest BCUT2D eigenvalue weighted by Crippen LogP contribution is 2.19. The minimum absolute atomic E-state index is 0.709. The molecule has 0 amide bonds. The lowest BCUT2D eigenvalue weighted by Crippen LogP contribution is -2.41. The van der Waals surface area contributed by atoms with E-state index in [1.165, 1.54) is 38.9 Å².